The Labute approximate surface area is 144 Å². The lowest BCUT2D eigenvalue weighted by molar-refractivity contribution is 0.174. The molecule has 0 fully saturated rings. The molecule has 0 atom stereocenters. The van der Waals surface area contributed by atoms with Gasteiger partial charge >= 0.3 is 0 Å². The molecule has 3 aromatic rings. The maximum Gasteiger partial charge on any atom is 0.244 e. The zero-order valence-corrected chi connectivity index (χ0v) is 13.3. The van der Waals surface area contributed by atoms with Gasteiger partial charge in [0, 0.05) is 25.5 Å². The Morgan fingerprint density at radius 1 is 0.960 bits per heavy atom. The summed E-state index contributed by atoms with van der Waals surface area (Å²) < 4.78 is 10.7. The molecule has 0 amide bonds. The van der Waals surface area contributed by atoms with Crippen molar-refractivity contribution >= 4 is 11.8 Å². The number of rotatable bonds is 6. The zero-order valence-electron chi connectivity index (χ0n) is 13.3. The first-order valence-electron chi connectivity index (χ1n) is 7.82. The molecule has 8 heteroatoms. The average Bonchev–Trinajstić information content (AvgIpc) is 3.14. The first-order valence-corrected chi connectivity index (χ1v) is 7.82. The Morgan fingerprint density at radius 3 is 2.80 bits per heavy atom. The van der Waals surface area contributed by atoms with Gasteiger partial charge in [0.15, 0.2) is 17.3 Å². The van der Waals surface area contributed by atoms with E-state index in [2.05, 4.69) is 30.8 Å². The summed E-state index contributed by atoms with van der Waals surface area (Å²) in [5.74, 6) is 2.63. The Hall–Kier alpha value is -3.42. The molecule has 0 unspecified atom stereocenters. The first kappa shape index (κ1) is 15.1. The fraction of sp³-hybridized carbons (Fsp3) is 0.176. The molecule has 0 aliphatic carbocycles. The second-order valence-corrected chi connectivity index (χ2v) is 5.42. The normalized spacial score (nSPS) is 12.0. The van der Waals surface area contributed by atoms with Gasteiger partial charge in [-0.15, -0.1) is 5.10 Å². The zero-order chi connectivity index (χ0) is 16.9. The van der Waals surface area contributed by atoms with Crippen LogP contribution in [0, 0.1) is 0 Å². The van der Waals surface area contributed by atoms with Crippen LogP contribution < -0.4 is 20.1 Å². The van der Waals surface area contributed by atoms with Crippen LogP contribution in [0.25, 0.3) is 0 Å². The van der Waals surface area contributed by atoms with Gasteiger partial charge in [0.25, 0.3) is 0 Å². The highest BCUT2D eigenvalue weighted by Crippen LogP contribution is 2.32. The largest absolute Gasteiger partial charge is 0.454 e. The van der Waals surface area contributed by atoms with Crippen LogP contribution in [0.4, 0.5) is 11.8 Å². The Balaban J connectivity index is 1.36. The average molecular weight is 336 g/mol. The van der Waals surface area contributed by atoms with E-state index < -0.39 is 0 Å². The van der Waals surface area contributed by atoms with Crippen molar-refractivity contribution < 1.29 is 9.47 Å². The summed E-state index contributed by atoms with van der Waals surface area (Å²) in [6, 6.07) is 9.70. The van der Waals surface area contributed by atoms with Gasteiger partial charge in [-0.25, -0.2) is 0 Å². The number of nitrogens with one attached hydrogen (secondary N) is 2. The van der Waals surface area contributed by atoms with Crippen LogP contribution in [-0.4, -0.2) is 27.0 Å². The van der Waals surface area contributed by atoms with Gasteiger partial charge in [-0.2, -0.15) is 10.1 Å². The van der Waals surface area contributed by atoms with Crippen molar-refractivity contribution in [2.24, 2.45) is 0 Å². The van der Waals surface area contributed by atoms with Crippen molar-refractivity contribution in [3.8, 4) is 11.5 Å². The predicted octanol–water partition coefficient (Wildman–Crippen LogP) is 2.22. The molecule has 1 aliphatic heterocycles. The van der Waals surface area contributed by atoms with Gasteiger partial charge in [0.05, 0.1) is 6.20 Å². The molecule has 0 saturated heterocycles. The SMILES string of the molecule is c1cncc(CNc2nncc(NCc3ccc4c(c3)OCO4)n2)c1. The molecule has 0 radical (unpaired) electrons. The lowest BCUT2D eigenvalue weighted by Crippen LogP contribution is -2.08. The van der Waals surface area contributed by atoms with E-state index in [1.54, 1.807) is 18.6 Å². The summed E-state index contributed by atoms with van der Waals surface area (Å²) >= 11 is 0. The molecule has 0 bridgehead atoms. The monoisotopic (exact) mass is 336 g/mol. The molecule has 2 aromatic heterocycles. The number of anilines is 2. The minimum absolute atomic E-state index is 0.272. The summed E-state index contributed by atoms with van der Waals surface area (Å²) in [6.07, 6.45) is 5.12. The van der Waals surface area contributed by atoms with Crippen molar-refractivity contribution in [3.05, 3.63) is 60.0 Å². The van der Waals surface area contributed by atoms with Crippen LogP contribution in [0.15, 0.2) is 48.9 Å². The van der Waals surface area contributed by atoms with Crippen LogP contribution in [0.1, 0.15) is 11.1 Å². The van der Waals surface area contributed by atoms with Crippen molar-refractivity contribution in [2.75, 3.05) is 17.4 Å². The third-order valence-corrected chi connectivity index (χ3v) is 3.64. The van der Waals surface area contributed by atoms with E-state index in [1.165, 1.54) is 0 Å². The van der Waals surface area contributed by atoms with E-state index in [0.717, 1.165) is 22.6 Å². The van der Waals surface area contributed by atoms with Crippen molar-refractivity contribution in [1.29, 1.82) is 0 Å². The van der Waals surface area contributed by atoms with Crippen LogP contribution in [0.5, 0.6) is 11.5 Å². The summed E-state index contributed by atoms with van der Waals surface area (Å²) in [6.45, 7) is 1.45. The van der Waals surface area contributed by atoms with Crippen molar-refractivity contribution in [2.45, 2.75) is 13.1 Å². The molecule has 1 aliphatic rings. The topological polar surface area (TPSA) is 94.1 Å². The lowest BCUT2D eigenvalue weighted by atomic mass is 10.2. The Kier molecular flexibility index (Phi) is 4.23. The van der Waals surface area contributed by atoms with E-state index in [9.17, 15) is 0 Å². The highest BCUT2D eigenvalue weighted by Gasteiger charge is 2.13. The van der Waals surface area contributed by atoms with E-state index in [0.29, 0.717) is 24.9 Å². The number of benzene rings is 1. The minimum atomic E-state index is 0.272. The van der Waals surface area contributed by atoms with E-state index >= 15 is 0 Å². The fourth-order valence-electron chi connectivity index (χ4n) is 2.39. The number of pyridine rings is 1. The molecule has 126 valence electrons. The van der Waals surface area contributed by atoms with Crippen LogP contribution in [0.3, 0.4) is 0 Å². The van der Waals surface area contributed by atoms with Gasteiger partial charge < -0.3 is 20.1 Å². The second kappa shape index (κ2) is 7.00. The number of aromatic nitrogens is 4. The standard InChI is InChI=1S/C17H16N6O2/c1-2-13(7-18-5-1)9-20-17-22-16(10-21-23-17)19-8-12-3-4-14-15(6-12)25-11-24-14/h1-7,10H,8-9,11H2,(H2,19,20,22,23). The Morgan fingerprint density at radius 2 is 1.88 bits per heavy atom. The Bertz CT molecular complexity index is 859. The number of ether oxygens (including phenoxy) is 2. The van der Waals surface area contributed by atoms with E-state index in [4.69, 9.17) is 9.47 Å². The third-order valence-electron chi connectivity index (χ3n) is 3.64. The fourth-order valence-corrected chi connectivity index (χ4v) is 2.39. The molecule has 3 heterocycles. The van der Waals surface area contributed by atoms with Crippen LogP contribution >= 0.6 is 0 Å². The highest BCUT2D eigenvalue weighted by molar-refractivity contribution is 5.46. The van der Waals surface area contributed by atoms with Gasteiger partial charge in [-0.1, -0.05) is 12.1 Å². The van der Waals surface area contributed by atoms with Gasteiger partial charge in [0.2, 0.25) is 12.7 Å². The maximum atomic E-state index is 5.38. The molecular formula is C17H16N6O2. The second-order valence-electron chi connectivity index (χ2n) is 5.42. The smallest absolute Gasteiger partial charge is 0.244 e. The molecule has 4 rings (SSSR count). The van der Waals surface area contributed by atoms with Crippen molar-refractivity contribution in [1.82, 2.24) is 20.2 Å². The quantitative estimate of drug-likeness (QED) is 0.708. The van der Waals surface area contributed by atoms with E-state index in [-0.39, 0.29) is 6.79 Å². The van der Waals surface area contributed by atoms with E-state index in [1.807, 2.05) is 30.3 Å². The van der Waals surface area contributed by atoms with Gasteiger partial charge in [-0.3, -0.25) is 4.98 Å². The summed E-state index contributed by atoms with van der Waals surface area (Å²) in [5, 5.41) is 14.3. The van der Waals surface area contributed by atoms with Crippen LogP contribution in [-0.2, 0) is 13.1 Å². The molecule has 0 spiro atoms. The molecule has 1 aromatic carbocycles. The predicted molar refractivity (Wildman–Crippen MR) is 91.3 cm³/mol. The molecule has 8 nitrogen and oxygen atoms in total. The molecular weight excluding hydrogens is 320 g/mol. The molecule has 25 heavy (non-hydrogen) atoms. The molecule has 2 N–H and O–H groups in total. The maximum absolute atomic E-state index is 5.38. The minimum Gasteiger partial charge on any atom is -0.454 e. The number of hydrogen-bond donors (Lipinski definition) is 2. The van der Waals surface area contributed by atoms with Gasteiger partial charge in [0.1, 0.15) is 0 Å². The number of fused-ring (bicyclic) bond motifs is 1. The summed E-state index contributed by atoms with van der Waals surface area (Å²) in [5.41, 5.74) is 2.11. The first-order chi connectivity index (χ1) is 12.4. The van der Waals surface area contributed by atoms with Gasteiger partial charge in [-0.05, 0) is 29.3 Å². The van der Waals surface area contributed by atoms with Crippen LogP contribution in [0.2, 0.25) is 0 Å². The number of hydrogen-bond acceptors (Lipinski definition) is 8. The molecule has 0 saturated carbocycles. The van der Waals surface area contributed by atoms with Crippen molar-refractivity contribution in [3.63, 3.8) is 0 Å². The lowest BCUT2D eigenvalue weighted by Gasteiger charge is -2.08. The number of nitrogens with zero attached hydrogens (tertiary/aromatic N) is 4. The third kappa shape index (κ3) is 3.74. The highest BCUT2D eigenvalue weighted by atomic mass is 16.7. The summed E-state index contributed by atoms with van der Waals surface area (Å²) in [4.78, 5) is 8.48. The summed E-state index contributed by atoms with van der Waals surface area (Å²) in [7, 11) is 0.